The van der Waals surface area contributed by atoms with Gasteiger partial charge in [-0.25, -0.2) is 22.7 Å². The number of nitrogen functional groups attached to an aromatic ring is 1. The summed E-state index contributed by atoms with van der Waals surface area (Å²) in [6.07, 6.45) is -6.32. The predicted octanol–water partition coefficient (Wildman–Crippen LogP) is 4.33. The number of hydrogen-bond donors (Lipinski definition) is 2. The Balaban J connectivity index is 1.41. The fraction of sp³-hybridized carbons (Fsp3) is 0.462. The van der Waals surface area contributed by atoms with Crippen LogP contribution in [-0.2, 0) is 11.0 Å². The molecule has 2 fully saturated rings. The molecule has 1 unspecified atom stereocenters. The van der Waals surface area contributed by atoms with Crippen LogP contribution < -0.4 is 11.1 Å². The normalized spacial score (nSPS) is 22.7. The number of carbonyl (C=O) groups excluding carboxylic acids is 2. The minimum Gasteiger partial charge on any atom is -0.382 e. The number of rotatable bonds is 4. The van der Waals surface area contributed by atoms with Gasteiger partial charge >= 0.3 is 6.18 Å². The third-order valence-electron chi connectivity index (χ3n) is 7.61. The lowest BCUT2D eigenvalue weighted by Crippen LogP contribution is -2.42. The highest BCUT2D eigenvalue weighted by molar-refractivity contribution is 5.97. The molecule has 2 aliphatic rings. The highest BCUT2D eigenvalue weighted by Crippen LogP contribution is 2.41. The first-order valence-corrected chi connectivity index (χ1v) is 12.6. The monoisotopic (exact) mass is 568 g/mol. The number of amides is 2. The van der Waals surface area contributed by atoms with E-state index in [4.69, 9.17) is 5.73 Å². The molecule has 1 saturated heterocycles. The molecule has 14 heteroatoms. The van der Waals surface area contributed by atoms with Crippen molar-refractivity contribution in [3.63, 3.8) is 0 Å². The van der Waals surface area contributed by atoms with Gasteiger partial charge in [-0.3, -0.25) is 9.59 Å². The summed E-state index contributed by atoms with van der Waals surface area (Å²) in [5, 5.41) is 6.50. The van der Waals surface area contributed by atoms with E-state index >= 15 is 0 Å². The molecule has 1 aliphatic carbocycles. The maximum Gasteiger partial charge on any atom is 0.418 e. The molecular weight excluding hydrogens is 542 g/mol. The molecule has 5 rings (SSSR count). The van der Waals surface area contributed by atoms with E-state index in [9.17, 15) is 35.9 Å². The molecule has 3 heterocycles. The van der Waals surface area contributed by atoms with Crippen LogP contribution in [0.4, 0.5) is 32.2 Å². The van der Waals surface area contributed by atoms with Crippen molar-refractivity contribution in [3.05, 3.63) is 46.8 Å². The maximum atomic E-state index is 14.9. The van der Waals surface area contributed by atoms with E-state index in [1.807, 2.05) is 0 Å². The Morgan fingerprint density at radius 3 is 2.50 bits per heavy atom. The average molecular weight is 569 g/mol. The van der Waals surface area contributed by atoms with Crippen LogP contribution in [0.5, 0.6) is 0 Å². The van der Waals surface area contributed by atoms with E-state index < -0.39 is 66.0 Å². The zero-order chi connectivity index (χ0) is 29.1. The van der Waals surface area contributed by atoms with Crippen molar-refractivity contribution in [1.29, 1.82) is 0 Å². The molecule has 3 aromatic rings. The molecule has 0 spiro atoms. The van der Waals surface area contributed by atoms with Crippen LogP contribution in [0.1, 0.15) is 46.3 Å². The number of halogens is 6. The van der Waals surface area contributed by atoms with Gasteiger partial charge in [0.05, 0.1) is 23.8 Å². The third kappa shape index (κ3) is 4.94. The predicted molar refractivity (Wildman–Crippen MR) is 132 cm³/mol. The van der Waals surface area contributed by atoms with Crippen molar-refractivity contribution >= 4 is 23.1 Å². The Morgan fingerprint density at radius 1 is 1.12 bits per heavy atom. The molecule has 1 aromatic carbocycles. The van der Waals surface area contributed by atoms with E-state index in [0.717, 1.165) is 21.8 Å². The highest BCUT2D eigenvalue weighted by Gasteiger charge is 2.46. The van der Waals surface area contributed by atoms with Gasteiger partial charge in [-0.15, -0.1) is 0 Å². The van der Waals surface area contributed by atoms with Crippen LogP contribution in [0.3, 0.4) is 0 Å². The molecule has 0 bridgehead atoms. The zero-order valence-corrected chi connectivity index (χ0v) is 21.5. The SMILES string of the molecule is Cc1cc(C)c(-c2cc(C(F)(F)F)c3c(N)ncnn23)cc1C(=O)N[C@@H]1CN(C(=O)C2CCC(F)(F)C2)C[C@@H]1F. The Bertz CT molecular complexity index is 1500. The Hall–Kier alpha value is -3.84. The van der Waals surface area contributed by atoms with Crippen molar-refractivity contribution < 1.29 is 35.9 Å². The number of fused-ring (bicyclic) bond motifs is 1. The Morgan fingerprint density at radius 2 is 1.85 bits per heavy atom. The minimum atomic E-state index is -4.75. The van der Waals surface area contributed by atoms with E-state index in [1.165, 1.54) is 6.07 Å². The van der Waals surface area contributed by atoms with Crippen LogP contribution in [0.25, 0.3) is 16.8 Å². The van der Waals surface area contributed by atoms with Crippen LogP contribution in [0.15, 0.2) is 24.5 Å². The number of nitrogens with two attached hydrogens (primary N) is 1. The van der Waals surface area contributed by atoms with Crippen molar-refractivity contribution in [3.8, 4) is 11.3 Å². The molecule has 2 amide bonds. The van der Waals surface area contributed by atoms with Crippen molar-refractivity contribution in [2.24, 2.45) is 5.92 Å². The van der Waals surface area contributed by atoms with E-state index in [2.05, 4.69) is 15.4 Å². The van der Waals surface area contributed by atoms with Crippen LogP contribution in [0.2, 0.25) is 0 Å². The maximum absolute atomic E-state index is 14.9. The highest BCUT2D eigenvalue weighted by atomic mass is 19.4. The van der Waals surface area contributed by atoms with Gasteiger partial charge in [0, 0.05) is 36.4 Å². The number of likely N-dealkylation sites (tertiary alicyclic amines) is 1. The van der Waals surface area contributed by atoms with Crippen molar-refractivity contribution in [2.75, 3.05) is 18.8 Å². The summed E-state index contributed by atoms with van der Waals surface area (Å²) in [6, 6.07) is 2.80. The molecule has 214 valence electrons. The van der Waals surface area contributed by atoms with Gasteiger partial charge in [-0.2, -0.15) is 18.3 Å². The number of aromatic nitrogens is 3. The first kappa shape index (κ1) is 27.7. The lowest BCUT2D eigenvalue weighted by Gasteiger charge is -2.20. The molecule has 40 heavy (non-hydrogen) atoms. The summed E-state index contributed by atoms with van der Waals surface area (Å²) in [4.78, 5) is 30.8. The first-order chi connectivity index (χ1) is 18.7. The van der Waals surface area contributed by atoms with Gasteiger partial charge in [-0.1, -0.05) is 6.07 Å². The zero-order valence-electron chi connectivity index (χ0n) is 21.5. The molecule has 1 saturated carbocycles. The number of benzene rings is 1. The third-order valence-corrected chi connectivity index (χ3v) is 7.61. The summed E-state index contributed by atoms with van der Waals surface area (Å²) in [5.74, 6) is -5.44. The van der Waals surface area contributed by atoms with Gasteiger partial charge in [0.25, 0.3) is 5.91 Å². The number of anilines is 1. The Kier molecular flexibility index (Phi) is 6.70. The molecule has 3 atom stereocenters. The standard InChI is InChI=1S/C26H26F6N6O2/c1-12-5-13(2)16(6-15(12)20-7-17(26(30,31)32)21-22(33)34-11-35-38(20)21)23(39)36-19-10-37(9-18(19)27)24(40)14-3-4-25(28,29)8-14/h5-7,11,14,18-19H,3-4,8-10H2,1-2H3,(H,36,39)(H2,33,34,35)/t14?,18-,19+/m0/s1. The van der Waals surface area contributed by atoms with Crippen molar-refractivity contribution in [2.45, 2.75) is 57.4 Å². The quantitative estimate of drug-likeness (QED) is 0.456. The molecule has 8 nitrogen and oxygen atoms in total. The molecule has 0 radical (unpaired) electrons. The summed E-state index contributed by atoms with van der Waals surface area (Å²) in [7, 11) is 0. The van der Waals surface area contributed by atoms with E-state index in [0.29, 0.717) is 11.1 Å². The van der Waals surface area contributed by atoms with Gasteiger partial charge in [0.2, 0.25) is 11.8 Å². The van der Waals surface area contributed by atoms with Gasteiger partial charge < -0.3 is 16.0 Å². The second kappa shape index (κ2) is 9.66. The number of nitrogens with zero attached hydrogens (tertiary/aromatic N) is 4. The molecule has 1 aliphatic heterocycles. The summed E-state index contributed by atoms with van der Waals surface area (Å²) < 4.78 is 84.4. The smallest absolute Gasteiger partial charge is 0.382 e. The van der Waals surface area contributed by atoms with E-state index in [1.54, 1.807) is 19.9 Å². The van der Waals surface area contributed by atoms with Crippen molar-refractivity contribution in [1.82, 2.24) is 24.8 Å². The van der Waals surface area contributed by atoms with Crippen LogP contribution in [-0.4, -0.2) is 62.5 Å². The second-order valence-corrected chi connectivity index (χ2v) is 10.5. The van der Waals surface area contributed by atoms with Crippen LogP contribution >= 0.6 is 0 Å². The summed E-state index contributed by atoms with van der Waals surface area (Å²) >= 11 is 0. The summed E-state index contributed by atoms with van der Waals surface area (Å²) in [6.45, 7) is 2.77. The molecule has 3 N–H and O–H groups in total. The van der Waals surface area contributed by atoms with Gasteiger partial charge in [0.1, 0.15) is 18.0 Å². The second-order valence-electron chi connectivity index (χ2n) is 10.5. The average Bonchev–Trinajstić information content (AvgIpc) is 3.54. The fourth-order valence-corrected chi connectivity index (χ4v) is 5.59. The lowest BCUT2D eigenvalue weighted by atomic mass is 9.97. The lowest BCUT2D eigenvalue weighted by molar-refractivity contribution is -0.136. The van der Waals surface area contributed by atoms with E-state index in [-0.39, 0.29) is 42.1 Å². The topological polar surface area (TPSA) is 106 Å². The molecule has 2 aromatic heterocycles. The van der Waals surface area contributed by atoms with Crippen LogP contribution in [0, 0.1) is 19.8 Å². The van der Waals surface area contributed by atoms with Gasteiger partial charge in [-0.05, 0) is 43.5 Å². The number of aryl methyl sites for hydroxylation is 2. The number of carbonyl (C=O) groups is 2. The number of alkyl halides is 6. The Labute approximate surface area is 224 Å². The summed E-state index contributed by atoms with van der Waals surface area (Å²) in [5.41, 5.74) is 5.68. The fourth-order valence-electron chi connectivity index (χ4n) is 5.59. The number of hydrogen-bond acceptors (Lipinski definition) is 5. The largest absolute Gasteiger partial charge is 0.418 e. The number of nitrogens with one attached hydrogen (secondary N) is 1. The van der Waals surface area contributed by atoms with Gasteiger partial charge in [0.15, 0.2) is 5.82 Å². The molecular formula is C26H26F6N6O2. The minimum absolute atomic E-state index is 0.0166. The first-order valence-electron chi connectivity index (χ1n) is 12.6.